The zero-order valence-electron chi connectivity index (χ0n) is 15.7. The van der Waals surface area contributed by atoms with E-state index in [-0.39, 0.29) is 18.0 Å². The number of likely N-dealkylation sites (tertiary alicyclic amines) is 1. The number of carbonyl (C=O) groups is 2. The lowest BCUT2D eigenvalue weighted by Gasteiger charge is -2.27. The Labute approximate surface area is 160 Å². The Morgan fingerprint density at radius 2 is 2.00 bits per heavy atom. The molecule has 0 saturated carbocycles. The van der Waals surface area contributed by atoms with Crippen molar-refractivity contribution in [3.63, 3.8) is 0 Å². The van der Waals surface area contributed by atoms with E-state index in [4.69, 9.17) is 4.74 Å². The van der Waals surface area contributed by atoms with E-state index in [1.165, 1.54) is 12.8 Å². The molecule has 1 atom stereocenters. The van der Waals surface area contributed by atoms with E-state index in [2.05, 4.69) is 10.2 Å². The summed E-state index contributed by atoms with van der Waals surface area (Å²) in [5, 5.41) is 2.80. The molecule has 146 valence electrons. The third-order valence-electron chi connectivity index (χ3n) is 5.56. The lowest BCUT2D eigenvalue weighted by molar-refractivity contribution is 0.0297. The number of amides is 3. The summed E-state index contributed by atoms with van der Waals surface area (Å²) in [5.74, 6) is 0.0216. The first-order chi connectivity index (χ1) is 13.2. The van der Waals surface area contributed by atoms with Gasteiger partial charge in [0.25, 0.3) is 5.91 Å². The number of ether oxygens (including phenoxy) is 1. The van der Waals surface area contributed by atoms with E-state index >= 15 is 0 Å². The van der Waals surface area contributed by atoms with Gasteiger partial charge in [-0.05, 0) is 50.6 Å². The number of benzene rings is 1. The van der Waals surface area contributed by atoms with E-state index < -0.39 is 0 Å². The first-order valence-corrected chi connectivity index (χ1v) is 9.99. The summed E-state index contributed by atoms with van der Waals surface area (Å²) in [7, 11) is 0. The summed E-state index contributed by atoms with van der Waals surface area (Å²) in [6.45, 7) is 6.48. The molecule has 3 saturated heterocycles. The molecule has 7 nitrogen and oxygen atoms in total. The van der Waals surface area contributed by atoms with Crippen LogP contribution < -0.4 is 10.2 Å². The van der Waals surface area contributed by atoms with Gasteiger partial charge in [-0.2, -0.15) is 0 Å². The third-order valence-corrected chi connectivity index (χ3v) is 5.56. The zero-order valence-corrected chi connectivity index (χ0v) is 15.7. The summed E-state index contributed by atoms with van der Waals surface area (Å²) in [5.41, 5.74) is 1.41. The number of anilines is 1. The largest absolute Gasteiger partial charge is 0.375 e. The molecule has 0 unspecified atom stereocenters. The van der Waals surface area contributed by atoms with Crippen molar-refractivity contribution in [3.05, 3.63) is 29.8 Å². The quantitative estimate of drug-likeness (QED) is 0.871. The average Bonchev–Trinajstić information content (AvgIpc) is 3.29. The van der Waals surface area contributed by atoms with Gasteiger partial charge in [0, 0.05) is 50.6 Å². The maximum absolute atomic E-state index is 13.1. The molecular formula is C20H28N4O3. The van der Waals surface area contributed by atoms with Crippen molar-refractivity contribution >= 4 is 17.6 Å². The maximum Gasteiger partial charge on any atom is 0.321 e. The van der Waals surface area contributed by atoms with E-state index in [1.807, 2.05) is 29.2 Å². The lowest BCUT2D eigenvalue weighted by Crippen LogP contribution is -2.42. The average molecular weight is 372 g/mol. The summed E-state index contributed by atoms with van der Waals surface area (Å²) in [6, 6.07) is 7.29. The molecule has 3 aliphatic heterocycles. The highest BCUT2D eigenvalue weighted by Gasteiger charge is 2.27. The minimum Gasteiger partial charge on any atom is -0.375 e. The monoisotopic (exact) mass is 372 g/mol. The van der Waals surface area contributed by atoms with Gasteiger partial charge in [-0.1, -0.05) is 6.07 Å². The fraction of sp³-hybridized carbons (Fsp3) is 0.600. The maximum atomic E-state index is 13.1. The Balaban J connectivity index is 1.45. The highest BCUT2D eigenvalue weighted by atomic mass is 16.5. The van der Waals surface area contributed by atoms with Gasteiger partial charge in [-0.15, -0.1) is 0 Å². The second-order valence-electron chi connectivity index (χ2n) is 7.54. The molecule has 0 radical (unpaired) electrons. The van der Waals surface area contributed by atoms with Gasteiger partial charge < -0.3 is 19.9 Å². The minimum atomic E-state index is -0.103. The van der Waals surface area contributed by atoms with E-state index in [0.717, 1.165) is 31.7 Å². The highest BCUT2D eigenvalue weighted by Crippen LogP contribution is 2.20. The Morgan fingerprint density at radius 1 is 1.15 bits per heavy atom. The van der Waals surface area contributed by atoms with Gasteiger partial charge in [0.2, 0.25) is 0 Å². The number of hydrogen-bond acceptors (Lipinski definition) is 4. The number of hydrogen-bond donors (Lipinski definition) is 1. The molecule has 1 aromatic rings. The molecule has 27 heavy (non-hydrogen) atoms. The number of urea groups is 1. The van der Waals surface area contributed by atoms with E-state index in [9.17, 15) is 9.59 Å². The minimum absolute atomic E-state index is 0.0216. The predicted octanol–water partition coefficient (Wildman–Crippen LogP) is 1.54. The molecule has 3 heterocycles. The van der Waals surface area contributed by atoms with Crippen LogP contribution in [0.1, 0.15) is 29.6 Å². The van der Waals surface area contributed by atoms with Crippen molar-refractivity contribution in [3.8, 4) is 0 Å². The molecule has 0 spiro atoms. The van der Waals surface area contributed by atoms with Crippen molar-refractivity contribution in [1.29, 1.82) is 0 Å². The fourth-order valence-corrected chi connectivity index (χ4v) is 4.15. The van der Waals surface area contributed by atoms with Crippen LogP contribution in [-0.2, 0) is 4.74 Å². The van der Waals surface area contributed by atoms with Gasteiger partial charge in [0.1, 0.15) is 0 Å². The predicted molar refractivity (Wildman–Crippen MR) is 103 cm³/mol. The Bertz CT molecular complexity index is 690. The molecule has 1 aromatic carbocycles. The van der Waals surface area contributed by atoms with E-state index in [0.29, 0.717) is 38.3 Å². The van der Waals surface area contributed by atoms with Crippen molar-refractivity contribution in [2.45, 2.75) is 25.4 Å². The standard InChI is InChI=1S/C20H28N4O3/c25-19(16-5-3-6-17(13-16)24-11-7-21-20(24)26)23-10-4-12-27-18(15-23)14-22-8-1-2-9-22/h3,5-6,13,18H,1-2,4,7-12,14-15H2,(H,21,26)/t18-/m1/s1. The normalized spacial score (nSPS) is 24.1. The lowest BCUT2D eigenvalue weighted by atomic mass is 10.1. The molecule has 4 rings (SSSR count). The fourth-order valence-electron chi connectivity index (χ4n) is 4.15. The van der Waals surface area contributed by atoms with Crippen LogP contribution in [0, 0.1) is 0 Å². The molecule has 3 aliphatic rings. The number of rotatable bonds is 4. The van der Waals surface area contributed by atoms with Crippen LogP contribution in [0.5, 0.6) is 0 Å². The van der Waals surface area contributed by atoms with Crippen molar-refractivity contribution in [2.24, 2.45) is 0 Å². The van der Waals surface area contributed by atoms with Crippen molar-refractivity contribution in [2.75, 3.05) is 57.3 Å². The summed E-state index contributed by atoms with van der Waals surface area (Å²) >= 11 is 0. The number of nitrogens with one attached hydrogen (secondary N) is 1. The van der Waals surface area contributed by atoms with Crippen LogP contribution >= 0.6 is 0 Å². The van der Waals surface area contributed by atoms with Crippen LogP contribution in [-0.4, -0.2) is 80.3 Å². The summed E-state index contributed by atoms with van der Waals surface area (Å²) < 4.78 is 6.00. The zero-order chi connectivity index (χ0) is 18.6. The Morgan fingerprint density at radius 3 is 2.78 bits per heavy atom. The van der Waals surface area contributed by atoms with Crippen LogP contribution in [0.2, 0.25) is 0 Å². The molecular weight excluding hydrogens is 344 g/mol. The molecule has 3 fully saturated rings. The SMILES string of the molecule is O=C(c1cccc(N2CCNC2=O)c1)N1CCCO[C@H](CN2CCCC2)C1. The highest BCUT2D eigenvalue weighted by molar-refractivity contribution is 5.98. The van der Waals surface area contributed by atoms with Gasteiger partial charge in [0.15, 0.2) is 0 Å². The molecule has 7 heteroatoms. The van der Waals surface area contributed by atoms with Crippen LogP contribution in [0.15, 0.2) is 24.3 Å². The van der Waals surface area contributed by atoms with Crippen molar-refractivity contribution in [1.82, 2.24) is 15.1 Å². The number of carbonyl (C=O) groups excluding carboxylic acids is 2. The van der Waals surface area contributed by atoms with Gasteiger partial charge in [-0.25, -0.2) is 4.79 Å². The van der Waals surface area contributed by atoms with Gasteiger partial charge in [-0.3, -0.25) is 9.69 Å². The number of nitrogens with zero attached hydrogens (tertiary/aromatic N) is 3. The van der Waals surface area contributed by atoms with Gasteiger partial charge >= 0.3 is 6.03 Å². The van der Waals surface area contributed by atoms with Crippen LogP contribution in [0.4, 0.5) is 10.5 Å². The smallest absolute Gasteiger partial charge is 0.321 e. The summed E-state index contributed by atoms with van der Waals surface area (Å²) in [4.78, 5) is 31.1. The molecule has 3 amide bonds. The van der Waals surface area contributed by atoms with Gasteiger partial charge in [0.05, 0.1) is 6.10 Å². The summed E-state index contributed by atoms with van der Waals surface area (Å²) in [6.07, 6.45) is 3.44. The van der Waals surface area contributed by atoms with Crippen LogP contribution in [0.3, 0.4) is 0 Å². The Kier molecular flexibility index (Phi) is 5.59. The second-order valence-corrected chi connectivity index (χ2v) is 7.54. The molecule has 0 aromatic heterocycles. The first kappa shape index (κ1) is 18.3. The molecule has 0 bridgehead atoms. The second kappa shape index (κ2) is 8.27. The molecule has 0 aliphatic carbocycles. The van der Waals surface area contributed by atoms with Crippen LogP contribution in [0.25, 0.3) is 0 Å². The Hall–Kier alpha value is -2.12. The molecule has 1 N–H and O–H groups in total. The van der Waals surface area contributed by atoms with E-state index in [1.54, 1.807) is 4.90 Å². The topological polar surface area (TPSA) is 65.1 Å². The third kappa shape index (κ3) is 4.25. The van der Waals surface area contributed by atoms with Crippen molar-refractivity contribution < 1.29 is 14.3 Å². The first-order valence-electron chi connectivity index (χ1n) is 9.99.